The molecule has 0 spiro atoms. The van der Waals surface area contributed by atoms with Crippen LogP contribution in [0, 0.1) is 6.92 Å². The van der Waals surface area contributed by atoms with Gasteiger partial charge in [0.2, 0.25) is 0 Å². The van der Waals surface area contributed by atoms with Gasteiger partial charge < -0.3 is 14.5 Å². The Balaban J connectivity index is 1.73. The van der Waals surface area contributed by atoms with Crippen LogP contribution in [0.1, 0.15) is 48.0 Å². The number of ether oxygens (including phenoxy) is 1. The first-order chi connectivity index (χ1) is 16.0. The number of benzene rings is 2. The van der Waals surface area contributed by atoms with E-state index in [0.29, 0.717) is 11.3 Å². The first-order valence-corrected chi connectivity index (χ1v) is 12.1. The summed E-state index contributed by atoms with van der Waals surface area (Å²) in [5, 5.41) is 2.57. The lowest BCUT2D eigenvalue weighted by atomic mass is 9.87. The molecule has 0 aliphatic rings. The lowest BCUT2D eigenvalue weighted by Gasteiger charge is -2.21. The molecule has 0 saturated carbocycles. The number of aryl methyl sites for hydroxylation is 1. The second kappa shape index (κ2) is 10.1. The van der Waals surface area contributed by atoms with Gasteiger partial charge in [0.1, 0.15) is 5.76 Å². The molecule has 9 heteroatoms. The van der Waals surface area contributed by atoms with E-state index in [0.717, 1.165) is 5.56 Å². The van der Waals surface area contributed by atoms with Gasteiger partial charge in [0.25, 0.3) is 15.9 Å². The molecule has 1 heterocycles. The molecule has 0 aliphatic heterocycles. The number of rotatable bonds is 8. The summed E-state index contributed by atoms with van der Waals surface area (Å²) >= 11 is 0. The molecule has 0 bridgehead atoms. The van der Waals surface area contributed by atoms with Crippen molar-refractivity contribution in [3.05, 3.63) is 83.3 Å². The van der Waals surface area contributed by atoms with Crippen molar-refractivity contribution in [1.29, 1.82) is 0 Å². The number of sulfonamides is 1. The Labute approximate surface area is 199 Å². The largest absolute Gasteiger partial charge is 0.467 e. The van der Waals surface area contributed by atoms with Gasteiger partial charge in [-0.05, 0) is 53.8 Å². The molecular formula is C25H28N2O6S. The van der Waals surface area contributed by atoms with Crippen molar-refractivity contribution < 1.29 is 27.2 Å². The van der Waals surface area contributed by atoms with Crippen molar-refractivity contribution >= 4 is 27.6 Å². The molecule has 1 aromatic heterocycles. The van der Waals surface area contributed by atoms with Crippen LogP contribution in [-0.4, -0.2) is 26.9 Å². The van der Waals surface area contributed by atoms with E-state index in [-0.39, 0.29) is 28.1 Å². The Morgan fingerprint density at radius 1 is 1.03 bits per heavy atom. The number of hydrogen-bond donors (Lipinski definition) is 2. The summed E-state index contributed by atoms with van der Waals surface area (Å²) in [4.78, 5) is 24.7. The standard InChI is InChI=1S/C25H28N2O6S/c1-17-11-12-18(25(2,3)4)14-22(17)34(30,31)27-21-10-6-5-9-20(21)24(29)33-16-23(28)26-15-19-8-7-13-32-19/h5-14,27H,15-16H2,1-4H3,(H,26,28). The summed E-state index contributed by atoms with van der Waals surface area (Å²) in [6, 6.07) is 14.8. The highest BCUT2D eigenvalue weighted by atomic mass is 32.2. The highest BCUT2D eigenvalue weighted by Crippen LogP contribution is 2.28. The molecule has 2 N–H and O–H groups in total. The summed E-state index contributed by atoms with van der Waals surface area (Å²) in [7, 11) is -4.00. The fraction of sp³-hybridized carbons (Fsp3) is 0.280. The van der Waals surface area contributed by atoms with Crippen LogP contribution in [0.4, 0.5) is 5.69 Å². The van der Waals surface area contributed by atoms with Crippen molar-refractivity contribution in [2.24, 2.45) is 0 Å². The zero-order valence-corrected chi connectivity index (χ0v) is 20.4. The summed E-state index contributed by atoms with van der Waals surface area (Å²) in [5.74, 6) is -0.783. The Morgan fingerprint density at radius 2 is 1.76 bits per heavy atom. The number of carbonyl (C=O) groups excluding carboxylic acids is 2. The van der Waals surface area contributed by atoms with Crippen LogP contribution in [0.3, 0.4) is 0 Å². The fourth-order valence-electron chi connectivity index (χ4n) is 3.16. The van der Waals surface area contributed by atoms with E-state index in [1.165, 1.54) is 18.4 Å². The lowest BCUT2D eigenvalue weighted by molar-refractivity contribution is -0.124. The zero-order chi connectivity index (χ0) is 24.9. The summed E-state index contributed by atoms with van der Waals surface area (Å²) in [6.45, 7) is 7.34. The van der Waals surface area contributed by atoms with Crippen LogP contribution < -0.4 is 10.0 Å². The molecule has 3 rings (SSSR count). The second-order valence-corrected chi connectivity index (χ2v) is 10.5. The van der Waals surface area contributed by atoms with Crippen molar-refractivity contribution in [2.75, 3.05) is 11.3 Å². The van der Waals surface area contributed by atoms with E-state index in [9.17, 15) is 18.0 Å². The lowest BCUT2D eigenvalue weighted by Crippen LogP contribution is -2.28. The van der Waals surface area contributed by atoms with E-state index in [2.05, 4.69) is 10.0 Å². The zero-order valence-electron chi connectivity index (χ0n) is 19.5. The number of amides is 1. The van der Waals surface area contributed by atoms with E-state index in [1.807, 2.05) is 26.8 Å². The van der Waals surface area contributed by atoms with Crippen LogP contribution in [0.2, 0.25) is 0 Å². The summed E-state index contributed by atoms with van der Waals surface area (Å²) < 4.78 is 39.1. The average Bonchev–Trinajstić information content (AvgIpc) is 3.29. The smallest absolute Gasteiger partial charge is 0.340 e. The van der Waals surface area contributed by atoms with Crippen LogP contribution in [0.15, 0.2) is 70.2 Å². The van der Waals surface area contributed by atoms with Crippen LogP contribution in [0.25, 0.3) is 0 Å². The van der Waals surface area contributed by atoms with Crippen molar-refractivity contribution in [1.82, 2.24) is 5.32 Å². The van der Waals surface area contributed by atoms with E-state index >= 15 is 0 Å². The van der Waals surface area contributed by atoms with E-state index < -0.39 is 28.5 Å². The third-order valence-corrected chi connectivity index (χ3v) is 6.62. The highest BCUT2D eigenvalue weighted by Gasteiger charge is 2.24. The Hall–Kier alpha value is -3.59. The van der Waals surface area contributed by atoms with Gasteiger partial charge in [0.15, 0.2) is 6.61 Å². The monoisotopic (exact) mass is 484 g/mol. The van der Waals surface area contributed by atoms with Gasteiger partial charge in [-0.15, -0.1) is 0 Å². The minimum Gasteiger partial charge on any atom is -0.467 e. The number of esters is 1. The van der Waals surface area contributed by atoms with Crippen molar-refractivity contribution in [3.8, 4) is 0 Å². The average molecular weight is 485 g/mol. The van der Waals surface area contributed by atoms with Gasteiger partial charge >= 0.3 is 5.97 Å². The molecule has 0 fully saturated rings. The molecular weight excluding hydrogens is 456 g/mol. The second-order valence-electron chi connectivity index (χ2n) is 8.81. The van der Waals surface area contributed by atoms with E-state index in [4.69, 9.17) is 9.15 Å². The molecule has 2 aromatic carbocycles. The third kappa shape index (κ3) is 6.26. The number of nitrogens with one attached hydrogen (secondary N) is 2. The fourth-order valence-corrected chi connectivity index (χ4v) is 4.52. The van der Waals surface area contributed by atoms with Gasteiger partial charge in [-0.3, -0.25) is 9.52 Å². The number of para-hydroxylation sites is 1. The van der Waals surface area contributed by atoms with Crippen molar-refractivity contribution in [3.63, 3.8) is 0 Å². The Kier molecular flexibility index (Phi) is 7.46. The molecule has 0 radical (unpaired) electrons. The minimum absolute atomic E-state index is 0.00506. The number of carbonyl (C=O) groups is 2. The Morgan fingerprint density at radius 3 is 2.44 bits per heavy atom. The molecule has 0 atom stereocenters. The SMILES string of the molecule is Cc1ccc(C(C)(C)C)cc1S(=O)(=O)Nc1ccccc1C(=O)OCC(=O)NCc1ccco1. The third-order valence-electron chi connectivity index (χ3n) is 5.11. The Bertz CT molecular complexity index is 1270. The van der Waals surface area contributed by atoms with Gasteiger partial charge in [0.05, 0.1) is 29.0 Å². The van der Waals surface area contributed by atoms with Gasteiger partial charge in [-0.2, -0.15) is 0 Å². The first kappa shape index (κ1) is 25.0. The predicted molar refractivity (Wildman–Crippen MR) is 128 cm³/mol. The molecule has 34 heavy (non-hydrogen) atoms. The van der Waals surface area contributed by atoms with E-state index in [1.54, 1.807) is 43.3 Å². The molecule has 180 valence electrons. The summed E-state index contributed by atoms with van der Waals surface area (Å²) in [5.41, 5.74) is 1.26. The minimum atomic E-state index is -4.00. The molecule has 0 saturated heterocycles. The van der Waals surface area contributed by atoms with Gasteiger partial charge in [-0.25, -0.2) is 13.2 Å². The van der Waals surface area contributed by atoms with Crippen LogP contribution >= 0.6 is 0 Å². The maximum absolute atomic E-state index is 13.2. The normalized spacial score (nSPS) is 11.6. The highest BCUT2D eigenvalue weighted by molar-refractivity contribution is 7.92. The predicted octanol–water partition coefficient (Wildman–Crippen LogP) is 4.16. The van der Waals surface area contributed by atoms with Gasteiger partial charge in [-0.1, -0.05) is 45.0 Å². The van der Waals surface area contributed by atoms with Crippen LogP contribution in [0.5, 0.6) is 0 Å². The molecule has 0 aliphatic carbocycles. The molecule has 1 amide bonds. The quantitative estimate of drug-likeness (QED) is 0.464. The molecule has 0 unspecified atom stereocenters. The number of hydrogen-bond acceptors (Lipinski definition) is 6. The first-order valence-electron chi connectivity index (χ1n) is 10.7. The van der Waals surface area contributed by atoms with Crippen molar-refractivity contribution in [2.45, 2.75) is 44.6 Å². The molecule has 8 nitrogen and oxygen atoms in total. The topological polar surface area (TPSA) is 115 Å². The van der Waals surface area contributed by atoms with Gasteiger partial charge in [0, 0.05) is 0 Å². The number of furan rings is 1. The van der Waals surface area contributed by atoms with Crippen LogP contribution in [-0.2, 0) is 31.5 Å². The number of anilines is 1. The molecule has 3 aromatic rings. The summed E-state index contributed by atoms with van der Waals surface area (Å²) in [6.07, 6.45) is 1.49. The maximum Gasteiger partial charge on any atom is 0.340 e. The maximum atomic E-state index is 13.2.